The number of carboxylic acid groups (broad SMARTS) is 1. The molecule has 0 fully saturated rings. The van der Waals surface area contributed by atoms with Gasteiger partial charge in [-0.25, -0.2) is 9.78 Å². The third-order valence-corrected chi connectivity index (χ3v) is 5.05. The summed E-state index contributed by atoms with van der Waals surface area (Å²) in [6, 6.07) is 5.13. The molecule has 31 heavy (non-hydrogen) atoms. The minimum absolute atomic E-state index is 0.295. The summed E-state index contributed by atoms with van der Waals surface area (Å²) in [6.45, 7) is 4.14. The maximum atomic E-state index is 10.8. The average molecular weight is 448 g/mol. The number of aryl methyl sites for hydroxylation is 1. The zero-order valence-electron chi connectivity index (χ0n) is 17.9. The van der Waals surface area contributed by atoms with E-state index in [0.29, 0.717) is 22.3 Å². The van der Waals surface area contributed by atoms with Crippen molar-refractivity contribution < 1.29 is 19.6 Å². The quantitative estimate of drug-likeness (QED) is 0.334. The molecule has 3 rings (SSSR count). The zero-order valence-corrected chi connectivity index (χ0v) is 18.6. The van der Waals surface area contributed by atoms with Gasteiger partial charge in [-0.1, -0.05) is 16.6 Å². The molecule has 0 atom stereocenters. The lowest BCUT2D eigenvalue weighted by Gasteiger charge is -2.16. The summed E-state index contributed by atoms with van der Waals surface area (Å²) in [6.07, 6.45) is 3.05. The molecule has 2 aromatic heterocycles. The van der Waals surface area contributed by atoms with Crippen molar-refractivity contribution in [2.24, 2.45) is 0 Å². The highest BCUT2D eigenvalue weighted by Crippen LogP contribution is 2.31. The molecule has 0 aliphatic carbocycles. The molecule has 5 N–H and O–H groups in total. The number of nitrogens with zero attached hydrogens (tertiary/aromatic N) is 2. The van der Waals surface area contributed by atoms with Crippen LogP contribution in [-0.4, -0.2) is 59.7 Å². The molecular weight excluding hydrogens is 420 g/mol. The number of hydrogen-bond donors (Lipinski definition) is 4. The van der Waals surface area contributed by atoms with Crippen LogP contribution in [-0.2, 0) is 11.3 Å². The van der Waals surface area contributed by atoms with Crippen LogP contribution in [0.4, 0.5) is 11.5 Å². The molecule has 0 unspecified atom stereocenters. The van der Waals surface area contributed by atoms with Crippen LogP contribution in [0.2, 0.25) is 5.02 Å². The fourth-order valence-electron chi connectivity index (χ4n) is 3.34. The smallest absolute Gasteiger partial charge is 0.341 e. The standard InChI is InChI=1S/C21H27ClN6O3/c1-13-25-20-19(14(10-24-20)11-28(3)8-4-7-23-2)21(26-13)27-15-5-6-16(22)17(9-15)31-12-18(29)30/h5-6,9-10,23H,4,7-8,11-12H2,1-3H3,(H,29,30)(H2,24,25,26,27)/p+1. The molecule has 0 saturated heterocycles. The van der Waals surface area contributed by atoms with E-state index in [2.05, 4.69) is 37.5 Å². The van der Waals surface area contributed by atoms with Crippen molar-refractivity contribution in [1.82, 2.24) is 20.2 Å². The highest BCUT2D eigenvalue weighted by molar-refractivity contribution is 6.32. The van der Waals surface area contributed by atoms with Crippen LogP contribution in [0.5, 0.6) is 5.75 Å². The van der Waals surface area contributed by atoms with Crippen molar-refractivity contribution in [3.8, 4) is 5.75 Å². The van der Waals surface area contributed by atoms with Gasteiger partial charge in [0.25, 0.3) is 0 Å². The van der Waals surface area contributed by atoms with Crippen LogP contribution in [0, 0.1) is 6.92 Å². The second-order valence-electron chi connectivity index (χ2n) is 7.38. The summed E-state index contributed by atoms with van der Waals surface area (Å²) >= 11 is 6.14. The van der Waals surface area contributed by atoms with Gasteiger partial charge in [0.15, 0.2) is 6.61 Å². The van der Waals surface area contributed by atoms with Crippen molar-refractivity contribution in [1.29, 1.82) is 0 Å². The molecule has 0 aliphatic rings. The van der Waals surface area contributed by atoms with Crippen molar-refractivity contribution >= 4 is 40.1 Å². The Morgan fingerprint density at radius 3 is 2.97 bits per heavy atom. The molecule has 0 amide bonds. The van der Waals surface area contributed by atoms with Gasteiger partial charge in [-0.2, -0.15) is 0 Å². The fourth-order valence-corrected chi connectivity index (χ4v) is 3.52. The minimum Gasteiger partial charge on any atom is -0.480 e. The van der Waals surface area contributed by atoms with Crippen LogP contribution < -0.4 is 20.4 Å². The highest BCUT2D eigenvalue weighted by Gasteiger charge is 2.19. The van der Waals surface area contributed by atoms with E-state index < -0.39 is 12.6 Å². The lowest BCUT2D eigenvalue weighted by atomic mass is 10.2. The number of hydrogen-bond acceptors (Lipinski definition) is 6. The molecule has 0 aliphatic heterocycles. The van der Waals surface area contributed by atoms with Gasteiger partial charge < -0.3 is 25.4 Å². The van der Waals surface area contributed by atoms with E-state index in [4.69, 9.17) is 21.4 Å². The molecule has 10 heteroatoms. The molecule has 0 radical (unpaired) electrons. The number of aromatic amines is 2. The second kappa shape index (κ2) is 10.4. The van der Waals surface area contributed by atoms with Crippen LogP contribution >= 0.6 is 11.6 Å². The number of carbonyl (C=O) groups is 1. The summed E-state index contributed by atoms with van der Waals surface area (Å²) < 4.78 is 5.28. The molecule has 3 aromatic rings. The molecule has 9 nitrogen and oxygen atoms in total. The predicted molar refractivity (Wildman–Crippen MR) is 120 cm³/mol. The first kappa shape index (κ1) is 22.8. The molecule has 166 valence electrons. The number of nitrogens with one attached hydrogen (secondary N) is 4. The van der Waals surface area contributed by atoms with Gasteiger partial charge >= 0.3 is 5.97 Å². The van der Waals surface area contributed by atoms with Gasteiger partial charge in [0, 0.05) is 30.8 Å². The first-order valence-corrected chi connectivity index (χ1v) is 10.4. The van der Waals surface area contributed by atoms with Gasteiger partial charge in [-0.15, -0.1) is 0 Å². The van der Waals surface area contributed by atoms with Crippen molar-refractivity contribution in [2.75, 3.05) is 39.1 Å². The first-order chi connectivity index (χ1) is 14.9. The van der Waals surface area contributed by atoms with Crippen molar-refractivity contribution in [3.63, 3.8) is 0 Å². The summed E-state index contributed by atoms with van der Waals surface area (Å²) in [4.78, 5) is 24.3. The Hall–Kier alpha value is -2.88. The SMILES string of the molecule is CNCCCN(C)Cc1c[nH]c2[nH+]c(C)nc(Nc3ccc(Cl)c(OCC(=O)O)c3)c12. The second-order valence-corrected chi connectivity index (χ2v) is 7.79. The molecule has 1 aromatic carbocycles. The predicted octanol–water partition coefficient (Wildman–Crippen LogP) is 2.59. The highest BCUT2D eigenvalue weighted by atomic mass is 35.5. The van der Waals surface area contributed by atoms with Crippen molar-refractivity contribution in [3.05, 3.63) is 40.8 Å². The van der Waals surface area contributed by atoms with Gasteiger partial charge in [-0.05, 0) is 45.7 Å². The van der Waals surface area contributed by atoms with E-state index in [0.717, 1.165) is 48.5 Å². The van der Waals surface area contributed by atoms with E-state index >= 15 is 0 Å². The number of fused-ring (bicyclic) bond motifs is 1. The number of H-pyrrole nitrogens is 2. The maximum Gasteiger partial charge on any atom is 0.341 e. The minimum atomic E-state index is -1.07. The summed E-state index contributed by atoms with van der Waals surface area (Å²) in [5.74, 6) is 0.672. The topological polar surface area (TPSA) is 117 Å². The number of benzene rings is 1. The number of carboxylic acids is 1. The number of aliphatic carboxylic acids is 1. The van der Waals surface area contributed by atoms with E-state index in [1.165, 1.54) is 0 Å². The molecular formula is C21H28ClN6O3+. The number of ether oxygens (including phenoxy) is 1. The number of anilines is 2. The Bertz CT molecular complexity index is 1060. The zero-order chi connectivity index (χ0) is 22.4. The van der Waals surface area contributed by atoms with E-state index in [1.54, 1.807) is 18.2 Å². The molecule has 2 heterocycles. The van der Waals surface area contributed by atoms with Gasteiger partial charge in [0.2, 0.25) is 17.3 Å². The summed E-state index contributed by atoms with van der Waals surface area (Å²) in [7, 11) is 4.05. The lowest BCUT2D eigenvalue weighted by Crippen LogP contribution is -2.22. The van der Waals surface area contributed by atoms with Gasteiger partial charge in [0.05, 0.1) is 11.2 Å². The number of aromatic nitrogens is 3. The Morgan fingerprint density at radius 1 is 1.42 bits per heavy atom. The third-order valence-electron chi connectivity index (χ3n) is 4.74. The van der Waals surface area contributed by atoms with Gasteiger partial charge in [-0.3, -0.25) is 4.98 Å². The van der Waals surface area contributed by atoms with Crippen LogP contribution in [0.3, 0.4) is 0 Å². The molecule has 0 spiro atoms. The van der Waals surface area contributed by atoms with E-state index in [9.17, 15) is 4.79 Å². The van der Waals surface area contributed by atoms with E-state index in [-0.39, 0.29) is 0 Å². The fraction of sp³-hybridized carbons (Fsp3) is 0.381. The maximum absolute atomic E-state index is 10.8. The monoisotopic (exact) mass is 447 g/mol. The first-order valence-electron chi connectivity index (χ1n) is 10.0. The third kappa shape index (κ3) is 6.06. The Balaban J connectivity index is 1.87. The largest absolute Gasteiger partial charge is 0.480 e. The Morgan fingerprint density at radius 2 is 2.23 bits per heavy atom. The summed E-state index contributed by atoms with van der Waals surface area (Å²) in [5, 5.41) is 16.7. The Kier molecular flexibility index (Phi) is 7.67. The normalized spacial score (nSPS) is 11.3. The van der Waals surface area contributed by atoms with Crippen LogP contribution in [0.1, 0.15) is 17.8 Å². The lowest BCUT2D eigenvalue weighted by molar-refractivity contribution is -0.362. The van der Waals surface area contributed by atoms with E-state index in [1.807, 2.05) is 20.2 Å². The number of rotatable bonds is 11. The van der Waals surface area contributed by atoms with Crippen LogP contribution in [0.25, 0.3) is 11.0 Å². The average Bonchev–Trinajstić information content (AvgIpc) is 3.10. The number of halogens is 1. The Labute approximate surface area is 185 Å². The van der Waals surface area contributed by atoms with Crippen LogP contribution in [0.15, 0.2) is 24.4 Å². The molecule has 0 bridgehead atoms. The molecule has 0 saturated carbocycles. The van der Waals surface area contributed by atoms with Gasteiger partial charge in [0.1, 0.15) is 11.1 Å². The summed E-state index contributed by atoms with van der Waals surface area (Å²) in [5.41, 5.74) is 2.69. The van der Waals surface area contributed by atoms with Crippen molar-refractivity contribution in [2.45, 2.75) is 19.9 Å².